The van der Waals surface area contributed by atoms with Crippen LogP contribution in [0.5, 0.6) is 0 Å². The molecule has 1 aromatic heterocycles. The Kier molecular flexibility index (Phi) is 6.58. The number of thioether (sulfide) groups is 1. The zero-order valence-electron chi connectivity index (χ0n) is 16.0. The third kappa shape index (κ3) is 4.61. The summed E-state index contributed by atoms with van der Waals surface area (Å²) in [6, 6.07) is 8.13. The molecule has 0 N–H and O–H groups in total. The van der Waals surface area contributed by atoms with Crippen LogP contribution in [0.1, 0.15) is 25.0 Å². The van der Waals surface area contributed by atoms with Crippen molar-refractivity contribution in [1.82, 2.24) is 4.90 Å². The van der Waals surface area contributed by atoms with Crippen LogP contribution in [0.3, 0.4) is 0 Å². The number of halogens is 1. The van der Waals surface area contributed by atoms with Gasteiger partial charge in [-0.1, -0.05) is 0 Å². The number of hydrogen-bond acceptors (Lipinski definition) is 6. The van der Waals surface area contributed by atoms with Crippen molar-refractivity contribution in [3.05, 3.63) is 54.2 Å². The number of furan rings is 1. The molecule has 0 bridgehead atoms. The van der Waals surface area contributed by atoms with Crippen LogP contribution in [0.2, 0.25) is 0 Å². The van der Waals surface area contributed by atoms with Crippen molar-refractivity contribution >= 4 is 35.2 Å². The molecule has 7 nitrogen and oxygen atoms in total. The first-order valence-corrected chi connectivity index (χ1v) is 10.1. The molecule has 2 heterocycles. The predicted molar refractivity (Wildman–Crippen MR) is 106 cm³/mol. The lowest BCUT2D eigenvalue weighted by atomic mass is 10.2. The summed E-state index contributed by atoms with van der Waals surface area (Å²) in [4.78, 5) is 40.0. The third-order valence-corrected chi connectivity index (χ3v) is 5.80. The molecule has 2 amide bonds. The molecular weight excluding hydrogens is 399 g/mol. The molecule has 9 heteroatoms. The van der Waals surface area contributed by atoms with Gasteiger partial charge in [-0.05, 0) is 43.3 Å². The normalized spacial score (nSPS) is 18.5. The second-order valence-corrected chi connectivity index (χ2v) is 7.48. The van der Waals surface area contributed by atoms with E-state index in [1.165, 1.54) is 59.0 Å². The monoisotopic (exact) mass is 420 g/mol. The van der Waals surface area contributed by atoms with Gasteiger partial charge in [-0.15, -0.1) is 11.8 Å². The number of nitrogens with zero attached hydrogens (tertiary/aromatic N) is 2. The van der Waals surface area contributed by atoms with Gasteiger partial charge in [-0.3, -0.25) is 9.59 Å². The fraction of sp³-hybridized carbons (Fsp3) is 0.350. The molecule has 0 radical (unpaired) electrons. The molecule has 0 aliphatic carbocycles. The standard InChI is InChI=1S/C20H21FN2O5S/c1-3-22(15-8-6-14(21)7-9-15)18(25)11-28-20(26)16-12-29-19(23(16)13(2)24)17-5-4-10-27-17/h4-10,16,19H,3,11-12H2,1-2H3/t16-,19-/m1/s1. The van der Waals surface area contributed by atoms with Crippen LogP contribution in [0.4, 0.5) is 10.1 Å². The van der Waals surface area contributed by atoms with Crippen molar-refractivity contribution in [2.45, 2.75) is 25.3 Å². The summed E-state index contributed by atoms with van der Waals surface area (Å²) < 4.78 is 23.7. The Morgan fingerprint density at radius 2 is 2.00 bits per heavy atom. The minimum atomic E-state index is -0.804. The number of hydrogen-bond donors (Lipinski definition) is 0. The highest BCUT2D eigenvalue weighted by Crippen LogP contribution is 2.41. The Labute approximate surface area is 171 Å². The summed E-state index contributed by atoms with van der Waals surface area (Å²) in [5.74, 6) is -0.859. The second-order valence-electron chi connectivity index (χ2n) is 6.37. The van der Waals surface area contributed by atoms with Crippen LogP contribution in [-0.4, -0.2) is 47.6 Å². The molecule has 0 spiro atoms. The van der Waals surface area contributed by atoms with Gasteiger partial charge in [-0.25, -0.2) is 9.18 Å². The van der Waals surface area contributed by atoms with Crippen LogP contribution < -0.4 is 4.90 Å². The van der Waals surface area contributed by atoms with Gasteiger partial charge in [0.1, 0.15) is 23.0 Å². The molecule has 29 heavy (non-hydrogen) atoms. The number of rotatable bonds is 6. The summed E-state index contributed by atoms with van der Waals surface area (Å²) in [5, 5.41) is -0.415. The molecule has 3 rings (SSSR count). The van der Waals surface area contributed by atoms with Crippen LogP contribution in [0.15, 0.2) is 47.1 Å². The third-order valence-electron chi connectivity index (χ3n) is 4.52. The Morgan fingerprint density at radius 3 is 2.59 bits per heavy atom. The molecule has 0 unspecified atom stereocenters. The van der Waals surface area contributed by atoms with E-state index in [0.29, 0.717) is 23.7 Å². The van der Waals surface area contributed by atoms with Crippen molar-refractivity contribution in [1.29, 1.82) is 0 Å². The van der Waals surface area contributed by atoms with Crippen molar-refractivity contribution in [3.8, 4) is 0 Å². The zero-order valence-corrected chi connectivity index (χ0v) is 16.9. The molecule has 1 aliphatic heterocycles. The van der Waals surface area contributed by atoms with Gasteiger partial charge >= 0.3 is 5.97 Å². The van der Waals surface area contributed by atoms with E-state index < -0.39 is 35.7 Å². The van der Waals surface area contributed by atoms with Crippen molar-refractivity contribution in [2.75, 3.05) is 23.8 Å². The maximum atomic E-state index is 13.1. The van der Waals surface area contributed by atoms with E-state index in [-0.39, 0.29) is 5.91 Å². The smallest absolute Gasteiger partial charge is 0.330 e. The number of esters is 1. The van der Waals surface area contributed by atoms with Crippen molar-refractivity contribution in [3.63, 3.8) is 0 Å². The SMILES string of the molecule is CCN(C(=O)COC(=O)[C@H]1CS[C@H](c2ccco2)N1C(C)=O)c1ccc(F)cc1. The van der Waals surface area contributed by atoms with Crippen LogP contribution in [-0.2, 0) is 19.1 Å². The summed E-state index contributed by atoms with van der Waals surface area (Å²) in [7, 11) is 0. The summed E-state index contributed by atoms with van der Waals surface area (Å²) in [6.07, 6.45) is 1.51. The van der Waals surface area contributed by atoms with Crippen LogP contribution in [0.25, 0.3) is 0 Å². The molecule has 1 fully saturated rings. The number of anilines is 1. The molecule has 2 aromatic rings. The average Bonchev–Trinajstić information content (AvgIpc) is 3.37. The van der Waals surface area contributed by atoms with Gasteiger partial charge in [-0.2, -0.15) is 0 Å². The van der Waals surface area contributed by atoms with Gasteiger partial charge in [0.15, 0.2) is 6.61 Å². The number of benzene rings is 1. The number of carbonyl (C=O) groups excluding carboxylic acids is 3. The summed E-state index contributed by atoms with van der Waals surface area (Å²) in [5.41, 5.74) is 0.509. The van der Waals surface area contributed by atoms with E-state index in [1.807, 2.05) is 0 Å². The Bertz CT molecular complexity index is 872. The van der Waals surface area contributed by atoms with E-state index in [2.05, 4.69) is 0 Å². The molecule has 154 valence electrons. The highest BCUT2D eigenvalue weighted by Gasteiger charge is 2.43. The average molecular weight is 420 g/mol. The Balaban J connectivity index is 1.64. The summed E-state index contributed by atoms with van der Waals surface area (Å²) in [6.45, 7) is 3.01. The molecule has 0 saturated carbocycles. The molecule has 1 aromatic carbocycles. The van der Waals surface area contributed by atoms with E-state index in [4.69, 9.17) is 9.15 Å². The summed E-state index contributed by atoms with van der Waals surface area (Å²) >= 11 is 1.40. The molecular formula is C20H21FN2O5S. The molecule has 1 saturated heterocycles. The first-order chi connectivity index (χ1) is 13.9. The first-order valence-electron chi connectivity index (χ1n) is 9.08. The number of ether oxygens (including phenoxy) is 1. The largest absolute Gasteiger partial charge is 0.466 e. The number of carbonyl (C=O) groups is 3. The van der Waals surface area contributed by atoms with Crippen LogP contribution in [0, 0.1) is 5.82 Å². The Hall–Kier alpha value is -2.81. The maximum Gasteiger partial charge on any atom is 0.330 e. The minimum absolute atomic E-state index is 0.286. The van der Waals surface area contributed by atoms with Crippen molar-refractivity contribution in [2.24, 2.45) is 0 Å². The predicted octanol–water partition coefficient (Wildman–Crippen LogP) is 2.98. The van der Waals surface area contributed by atoms with E-state index >= 15 is 0 Å². The highest BCUT2D eigenvalue weighted by molar-refractivity contribution is 7.99. The number of likely N-dealkylation sites (N-methyl/N-ethyl adjacent to an activating group) is 1. The minimum Gasteiger partial charge on any atom is -0.466 e. The highest BCUT2D eigenvalue weighted by atomic mass is 32.2. The van der Waals surface area contributed by atoms with Gasteiger partial charge in [0.25, 0.3) is 5.91 Å². The van der Waals surface area contributed by atoms with Gasteiger partial charge in [0.05, 0.1) is 6.26 Å². The quantitative estimate of drug-likeness (QED) is 0.669. The number of amides is 2. The lowest BCUT2D eigenvalue weighted by Gasteiger charge is -2.26. The van der Waals surface area contributed by atoms with Gasteiger partial charge < -0.3 is 19.0 Å². The van der Waals surface area contributed by atoms with E-state index in [1.54, 1.807) is 19.1 Å². The lowest BCUT2D eigenvalue weighted by Crippen LogP contribution is -2.44. The molecule has 1 aliphatic rings. The topological polar surface area (TPSA) is 80.1 Å². The fourth-order valence-electron chi connectivity index (χ4n) is 3.15. The lowest BCUT2D eigenvalue weighted by molar-refractivity contribution is -0.155. The first kappa shape index (κ1) is 20.9. The maximum absolute atomic E-state index is 13.1. The zero-order chi connectivity index (χ0) is 21.0. The second kappa shape index (κ2) is 9.13. The van der Waals surface area contributed by atoms with Crippen LogP contribution >= 0.6 is 11.8 Å². The Morgan fingerprint density at radius 1 is 1.28 bits per heavy atom. The van der Waals surface area contributed by atoms with E-state index in [9.17, 15) is 18.8 Å². The van der Waals surface area contributed by atoms with Gasteiger partial charge in [0, 0.05) is 24.9 Å². The van der Waals surface area contributed by atoms with E-state index in [0.717, 1.165) is 0 Å². The van der Waals surface area contributed by atoms with Gasteiger partial charge in [0.2, 0.25) is 5.91 Å². The molecule has 2 atom stereocenters. The fourth-order valence-corrected chi connectivity index (χ4v) is 4.57. The van der Waals surface area contributed by atoms with Crippen molar-refractivity contribution < 1.29 is 27.9 Å².